The summed E-state index contributed by atoms with van der Waals surface area (Å²) in [6.07, 6.45) is 4.04. The van der Waals surface area contributed by atoms with Gasteiger partial charge < -0.3 is 10.4 Å². The van der Waals surface area contributed by atoms with E-state index < -0.39 is 0 Å². The summed E-state index contributed by atoms with van der Waals surface area (Å²) in [5, 5.41) is 17.2. The first-order valence-electron chi connectivity index (χ1n) is 6.60. The Bertz CT molecular complexity index is 560. The molecule has 5 nitrogen and oxygen atoms in total. The first kappa shape index (κ1) is 13.8. The second-order valence-corrected chi connectivity index (χ2v) is 5.96. The molecule has 1 atom stereocenters. The van der Waals surface area contributed by atoms with Crippen LogP contribution in [0.4, 0.5) is 5.82 Å². The van der Waals surface area contributed by atoms with Crippen LogP contribution in [0.15, 0.2) is 18.5 Å². The van der Waals surface area contributed by atoms with Gasteiger partial charge in [0.2, 0.25) is 0 Å². The Hall–Kier alpha value is -1.62. The molecule has 0 radical (unpaired) electrons. The summed E-state index contributed by atoms with van der Waals surface area (Å²) in [7, 11) is 0. The van der Waals surface area contributed by atoms with Crippen molar-refractivity contribution in [3.05, 3.63) is 24.2 Å². The van der Waals surface area contributed by atoms with Gasteiger partial charge in [0.05, 0.1) is 11.8 Å². The monoisotopic (exact) mass is 262 g/mol. The van der Waals surface area contributed by atoms with Gasteiger partial charge in [-0.25, -0.2) is 9.50 Å². The summed E-state index contributed by atoms with van der Waals surface area (Å²) in [4.78, 5) is 4.37. The highest BCUT2D eigenvalue weighted by molar-refractivity contribution is 5.67. The Kier molecular flexibility index (Phi) is 3.75. The van der Waals surface area contributed by atoms with Crippen LogP contribution in [0.3, 0.4) is 0 Å². The molecule has 0 saturated carbocycles. The molecule has 0 aliphatic rings. The van der Waals surface area contributed by atoms with E-state index in [0.717, 1.165) is 30.0 Å². The lowest BCUT2D eigenvalue weighted by Gasteiger charge is -2.26. The van der Waals surface area contributed by atoms with E-state index in [2.05, 4.69) is 29.2 Å². The summed E-state index contributed by atoms with van der Waals surface area (Å²) in [5.41, 5.74) is 1.96. The van der Waals surface area contributed by atoms with Crippen molar-refractivity contribution < 1.29 is 5.11 Å². The standard InChI is InChI=1S/C14H22N4O/c1-10-7-12-13(15-5-6-18(12)17-10)16-9-14(3,4)8-11(2)19/h5-7,11,19H,8-9H2,1-4H3,(H,15,16). The van der Waals surface area contributed by atoms with E-state index in [1.165, 1.54) is 0 Å². The zero-order valence-corrected chi connectivity index (χ0v) is 12.0. The molecule has 0 aliphatic carbocycles. The highest BCUT2D eigenvalue weighted by Crippen LogP contribution is 2.24. The summed E-state index contributed by atoms with van der Waals surface area (Å²) in [6, 6.07) is 2.01. The van der Waals surface area contributed by atoms with Gasteiger partial charge in [-0.3, -0.25) is 0 Å². The van der Waals surface area contributed by atoms with Gasteiger partial charge in [0.25, 0.3) is 0 Å². The van der Waals surface area contributed by atoms with E-state index in [0.29, 0.717) is 0 Å². The molecule has 2 aromatic rings. The number of aliphatic hydroxyl groups excluding tert-OH is 1. The van der Waals surface area contributed by atoms with Crippen molar-refractivity contribution in [2.45, 2.75) is 40.2 Å². The molecule has 2 rings (SSSR count). The maximum absolute atomic E-state index is 9.50. The van der Waals surface area contributed by atoms with E-state index in [9.17, 15) is 5.11 Å². The van der Waals surface area contributed by atoms with Crippen LogP contribution in [-0.4, -0.2) is 32.4 Å². The number of hydrogen-bond acceptors (Lipinski definition) is 4. The maximum Gasteiger partial charge on any atom is 0.152 e. The Morgan fingerprint density at radius 1 is 1.47 bits per heavy atom. The van der Waals surface area contributed by atoms with Gasteiger partial charge in [-0.15, -0.1) is 0 Å². The maximum atomic E-state index is 9.50. The molecule has 0 amide bonds. The van der Waals surface area contributed by atoms with Gasteiger partial charge in [-0.1, -0.05) is 13.8 Å². The van der Waals surface area contributed by atoms with Crippen LogP contribution in [0.1, 0.15) is 32.9 Å². The molecule has 0 aliphatic heterocycles. The molecule has 2 heterocycles. The van der Waals surface area contributed by atoms with Crippen molar-refractivity contribution in [1.82, 2.24) is 14.6 Å². The van der Waals surface area contributed by atoms with Gasteiger partial charge in [0, 0.05) is 18.9 Å². The highest BCUT2D eigenvalue weighted by Gasteiger charge is 2.20. The van der Waals surface area contributed by atoms with Crippen molar-refractivity contribution >= 4 is 11.3 Å². The third-order valence-electron chi connectivity index (χ3n) is 3.09. The first-order valence-corrected chi connectivity index (χ1v) is 6.60. The lowest BCUT2D eigenvalue weighted by molar-refractivity contribution is 0.135. The molecule has 0 aromatic carbocycles. The summed E-state index contributed by atoms with van der Waals surface area (Å²) in [6.45, 7) is 8.81. The Morgan fingerprint density at radius 3 is 2.89 bits per heavy atom. The SMILES string of the molecule is Cc1cc2c(NCC(C)(C)CC(C)O)nccn2n1. The second-order valence-electron chi connectivity index (χ2n) is 5.96. The molecule has 104 valence electrons. The van der Waals surface area contributed by atoms with E-state index in [1.807, 2.05) is 30.6 Å². The summed E-state index contributed by atoms with van der Waals surface area (Å²) in [5.74, 6) is 0.835. The van der Waals surface area contributed by atoms with Gasteiger partial charge in [-0.2, -0.15) is 5.10 Å². The topological polar surface area (TPSA) is 62.5 Å². The number of aryl methyl sites for hydroxylation is 1. The number of aromatic nitrogens is 3. The number of rotatable bonds is 5. The van der Waals surface area contributed by atoms with Crippen LogP contribution in [0.5, 0.6) is 0 Å². The van der Waals surface area contributed by atoms with Gasteiger partial charge in [0.15, 0.2) is 5.82 Å². The van der Waals surface area contributed by atoms with Crippen molar-refractivity contribution in [2.75, 3.05) is 11.9 Å². The summed E-state index contributed by atoms with van der Waals surface area (Å²) >= 11 is 0. The lowest BCUT2D eigenvalue weighted by atomic mass is 9.87. The Labute approximate surface area is 113 Å². The minimum absolute atomic E-state index is 0.0117. The molecule has 0 fully saturated rings. The zero-order valence-electron chi connectivity index (χ0n) is 12.0. The average molecular weight is 262 g/mol. The molecule has 1 unspecified atom stereocenters. The molecule has 0 spiro atoms. The molecular formula is C14H22N4O. The van der Waals surface area contributed by atoms with Crippen molar-refractivity contribution in [3.8, 4) is 0 Å². The van der Waals surface area contributed by atoms with Crippen molar-refractivity contribution in [2.24, 2.45) is 5.41 Å². The van der Waals surface area contributed by atoms with Crippen LogP contribution in [-0.2, 0) is 0 Å². The van der Waals surface area contributed by atoms with Crippen LogP contribution >= 0.6 is 0 Å². The quantitative estimate of drug-likeness (QED) is 0.867. The second kappa shape index (κ2) is 5.17. The van der Waals surface area contributed by atoms with E-state index >= 15 is 0 Å². The average Bonchev–Trinajstić information content (AvgIpc) is 2.65. The van der Waals surface area contributed by atoms with E-state index in [-0.39, 0.29) is 11.5 Å². The van der Waals surface area contributed by atoms with Gasteiger partial charge >= 0.3 is 0 Å². The van der Waals surface area contributed by atoms with Crippen LogP contribution in [0.25, 0.3) is 5.52 Å². The van der Waals surface area contributed by atoms with Crippen LogP contribution < -0.4 is 5.32 Å². The minimum Gasteiger partial charge on any atom is -0.393 e. The molecule has 19 heavy (non-hydrogen) atoms. The third kappa shape index (κ3) is 3.44. The van der Waals surface area contributed by atoms with Crippen LogP contribution in [0, 0.1) is 12.3 Å². The summed E-state index contributed by atoms with van der Waals surface area (Å²) < 4.78 is 1.83. The third-order valence-corrected chi connectivity index (χ3v) is 3.09. The molecule has 2 N–H and O–H groups in total. The molecule has 0 saturated heterocycles. The zero-order chi connectivity index (χ0) is 14.0. The number of aliphatic hydroxyl groups is 1. The first-order chi connectivity index (χ1) is 8.87. The highest BCUT2D eigenvalue weighted by atomic mass is 16.3. The minimum atomic E-state index is -0.294. The fourth-order valence-corrected chi connectivity index (χ4v) is 2.38. The van der Waals surface area contributed by atoms with Crippen molar-refractivity contribution in [1.29, 1.82) is 0 Å². The number of anilines is 1. The van der Waals surface area contributed by atoms with E-state index in [1.54, 1.807) is 6.20 Å². The number of hydrogen-bond donors (Lipinski definition) is 2. The Balaban J connectivity index is 2.13. The van der Waals surface area contributed by atoms with Crippen molar-refractivity contribution in [3.63, 3.8) is 0 Å². The van der Waals surface area contributed by atoms with Crippen LogP contribution in [0.2, 0.25) is 0 Å². The molecule has 0 bridgehead atoms. The lowest BCUT2D eigenvalue weighted by Crippen LogP contribution is -2.27. The number of fused-ring (bicyclic) bond motifs is 1. The number of nitrogens with one attached hydrogen (secondary N) is 1. The Morgan fingerprint density at radius 2 is 2.21 bits per heavy atom. The molecule has 5 heteroatoms. The van der Waals surface area contributed by atoms with Gasteiger partial charge in [0.1, 0.15) is 5.52 Å². The normalized spacial score (nSPS) is 13.7. The molecular weight excluding hydrogens is 240 g/mol. The molecule has 2 aromatic heterocycles. The van der Waals surface area contributed by atoms with Gasteiger partial charge in [-0.05, 0) is 31.7 Å². The van der Waals surface area contributed by atoms with E-state index in [4.69, 9.17) is 0 Å². The number of nitrogens with zero attached hydrogens (tertiary/aromatic N) is 3. The predicted molar refractivity (Wildman–Crippen MR) is 76.3 cm³/mol. The smallest absolute Gasteiger partial charge is 0.152 e. The fraction of sp³-hybridized carbons (Fsp3) is 0.571. The fourth-order valence-electron chi connectivity index (χ4n) is 2.38. The largest absolute Gasteiger partial charge is 0.393 e. The predicted octanol–water partition coefficient (Wildman–Crippen LogP) is 2.25.